The second-order valence-electron chi connectivity index (χ2n) is 5.08. The molecule has 1 N–H and O–H groups in total. The fraction of sp³-hybridized carbons (Fsp3) is 0.571. The number of hydrogen-bond acceptors (Lipinski definition) is 3. The molecule has 2 fully saturated rings. The SMILES string of the molecule is COc1ccc(C2(NC3CCC3)COC2)cc1. The summed E-state index contributed by atoms with van der Waals surface area (Å²) in [5.41, 5.74) is 1.37. The minimum absolute atomic E-state index is 0.0529. The molecule has 1 aliphatic carbocycles. The van der Waals surface area contributed by atoms with E-state index in [1.165, 1.54) is 24.8 Å². The first-order chi connectivity index (χ1) is 8.32. The molecule has 0 radical (unpaired) electrons. The molecule has 1 aliphatic heterocycles. The summed E-state index contributed by atoms with van der Waals surface area (Å²) in [6.07, 6.45) is 3.97. The van der Waals surface area contributed by atoms with E-state index in [-0.39, 0.29) is 5.54 Å². The zero-order chi connectivity index (χ0) is 11.7. The van der Waals surface area contributed by atoms with Crippen LogP contribution in [0.1, 0.15) is 24.8 Å². The van der Waals surface area contributed by atoms with Gasteiger partial charge in [-0.2, -0.15) is 0 Å². The highest BCUT2D eigenvalue weighted by Gasteiger charge is 2.42. The molecule has 0 unspecified atom stereocenters. The van der Waals surface area contributed by atoms with Crippen molar-refractivity contribution in [1.29, 1.82) is 0 Å². The first-order valence-corrected chi connectivity index (χ1v) is 6.32. The molecule has 3 heteroatoms. The van der Waals surface area contributed by atoms with Gasteiger partial charge in [-0.05, 0) is 30.5 Å². The van der Waals surface area contributed by atoms with Crippen LogP contribution in [0.25, 0.3) is 0 Å². The number of nitrogens with one attached hydrogen (secondary N) is 1. The average molecular weight is 233 g/mol. The Morgan fingerprint density at radius 1 is 1.24 bits per heavy atom. The Labute approximate surface area is 102 Å². The van der Waals surface area contributed by atoms with Gasteiger partial charge in [0.25, 0.3) is 0 Å². The number of benzene rings is 1. The predicted molar refractivity (Wildman–Crippen MR) is 66.3 cm³/mol. The maximum atomic E-state index is 5.42. The number of rotatable bonds is 4. The van der Waals surface area contributed by atoms with E-state index in [0.717, 1.165) is 19.0 Å². The highest BCUT2D eigenvalue weighted by molar-refractivity contribution is 5.33. The van der Waals surface area contributed by atoms with Crippen LogP contribution in [0.15, 0.2) is 24.3 Å². The summed E-state index contributed by atoms with van der Waals surface area (Å²) < 4.78 is 10.6. The number of ether oxygens (including phenoxy) is 2. The minimum atomic E-state index is 0.0529. The maximum absolute atomic E-state index is 5.42. The van der Waals surface area contributed by atoms with E-state index in [2.05, 4.69) is 17.4 Å². The van der Waals surface area contributed by atoms with Gasteiger partial charge in [0.05, 0.1) is 25.9 Å². The third-order valence-corrected chi connectivity index (χ3v) is 3.93. The molecule has 3 nitrogen and oxygen atoms in total. The zero-order valence-corrected chi connectivity index (χ0v) is 10.2. The monoisotopic (exact) mass is 233 g/mol. The molecule has 0 aromatic heterocycles. The van der Waals surface area contributed by atoms with Crippen molar-refractivity contribution >= 4 is 0 Å². The molecule has 1 saturated carbocycles. The van der Waals surface area contributed by atoms with Crippen molar-refractivity contribution in [2.75, 3.05) is 20.3 Å². The van der Waals surface area contributed by atoms with Gasteiger partial charge >= 0.3 is 0 Å². The summed E-state index contributed by atoms with van der Waals surface area (Å²) in [5, 5.41) is 3.75. The number of methoxy groups -OCH3 is 1. The van der Waals surface area contributed by atoms with Gasteiger partial charge < -0.3 is 14.8 Å². The highest BCUT2D eigenvalue weighted by Crippen LogP contribution is 2.34. The molecule has 1 aromatic carbocycles. The van der Waals surface area contributed by atoms with Crippen LogP contribution in [0.2, 0.25) is 0 Å². The maximum Gasteiger partial charge on any atom is 0.118 e. The summed E-state index contributed by atoms with van der Waals surface area (Å²) >= 11 is 0. The predicted octanol–water partition coefficient (Wildman–Crippen LogP) is 2.06. The van der Waals surface area contributed by atoms with Crippen molar-refractivity contribution in [1.82, 2.24) is 5.32 Å². The van der Waals surface area contributed by atoms with Crippen LogP contribution in [0.4, 0.5) is 0 Å². The molecule has 92 valence electrons. The van der Waals surface area contributed by atoms with Crippen LogP contribution >= 0.6 is 0 Å². The summed E-state index contributed by atoms with van der Waals surface area (Å²) in [5.74, 6) is 0.910. The largest absolute Gasteiger partial charge is 0.497 e. The molecule has 0 spiro atoms. The van der Waals surface area contributed by atoms with E-state index in [9.17, 15) is 0 Å². The van der Waals surface area contributed by atoms with Gasteiger partial charge in [0.2, 0.25) is 0 Å². The highest BCUT2D eigenvalue weighted by atomic mass is 16.5. The van der Waals surface area contributed by atoms with Gasteiger partial charge in [0.15, 0.2) is 0 Å². The van der Waals surface area contributed by atoms with E-state index >= 15 is 0 Å². The van der Waals surface area contributed by atoms with Gasteiger partial charge in [-0.25, -0.2) is 0 Å². The normalized spacial score (nSPS) is 22.6. The standard InChI is InChI=1S/C14H19NO2/c1-16-13-7-5-11(6-8-13)14(9-17-10-14)15-12-3-2-4-12/h5-8,12,15H,2-4,9-10H2,1H3. The molecule has 1 heterocycles. The van der Waals surface area contributed by atoms with Crippen LogP contribution in [0.3, 0.4) is 0 Å². The Hall–Kier alpha value is -1.06. The van der Waals surface area contributed by atoms with Crippen molar-refractivity contribution < 1.29 is 9.47 Å². The van der Waals surface area contributed by atoms with Gasteiger partial charge in [0, 0.05) is 6.04 Å². The molecule has 1 saturated heterocycles. The van der Waals surface area contributed by atoms with Crippen LogP contribution in [-0.2, 0) is 10.3 Å². The molecule has 0 bridgehead atoms. The summed E-state index contributed by atoms with van der Waals surface area (Å²) in [6.45, 7) is 1.58. The van der Waals surface area contributed by atoms with Gasteiger partial charge in [-0.1, -0.05) is 18.6 Å². The lowest BCUT2D eigenvalue weighted by Gasteiger charge is -2.47. The summed E-state index contributed by atoms with van der Waals surface area (Å²) in [7, 11) is 1.70. The van der Waals surface area contributed by atoms with Crippen LogP contribution in [-0.4, -0.2) is 26.4 Å². The lowest BCUT2D eigenvalue weighted by molar-refractivity contribution is -0.0880. The molecular weight excluding hydrogens is 214 g/mol. The van der Waals surface area contributed by atoms with Crippen LogP contribution < -0.4 is 10.1 Å². The summed E-state index contributed by atoms with van der Waals surface area (Å²) in [6, 6.07) is 9.02. The number of hydrogen-bond donors (Lipinski definition) is 1. The lowest BCUT2D eigenvalue weighted by atomic mass is 9.83. The third-order valence-electron chi connectivity index (χ3n) is 3.93. The fourth-order valence-corrected chi connectivity index (χ4v) is 2.49. The Morgan fingerprint density at radius 2 is 1.94 bits per heavy atom. The van der Waals surface area contributed by atoms with E-state index < -0.39 is 0 Å². The first-order valence-electron chi connectivity index (χ1n) is 6.32. The lowest BCUT2D eigenvalue weighted by Crippen LogP contribution is -2.61. The molecular formula is C14H19NO2. The second-order valence-corrected chi connectivity index (χ2v) is 5.08. The van der Waals surface area contributed by atoms with Crippen molar-refractivity contribution in [3.05, 3.63) is 29.8 Å². The van der Waals surface area contributed by atoms with E-state index in [0.29, 0.717) is 6.04 Å². The van der Waals surface area contributed by atoms with Crippen LogP contribution in [0, 0.1) is 0 Å². The topological polar surface area (TPSA) is 30.5 Å². The van der Waals surface area contributed by atoms with Crippen molar-refractivity contribution in [2.45, 2.75) is 30.8 Å². The smallest absolute Gasteiger partial charge is 0.118 e. The quantitative estimate of drug-likeness (QED) is 0.863. The molecule has 1 aromatic rings. The Balaban J connectivity index is 1.77. The fourth-order valence-electron chi connectivity index (χ4n) is 2.49. The van der Waals surface area contributed by atoms with Crippen LogP contribution in [0.5, 0.6) is 5.75 Å². The van der Waals surface area contributed by atoms with E-state index in [4.69, 9.17) is 9.47 Å². The third kappa shape index (κ3) is 1.94. The van der Waals surface area contributed by atoms with Gasteiger partial charge in [-0.15, -0.1) is 0 Å². The minimum Gasteiger partial charge on any atom is -0.497 e. The second kappa shape index (κ2) is 4.31. The Morgan fingerprint density at radius 3 is 2.35 bits per heavy atom. The van der Waals surface area contributed by atoms with Gasteiger partial charge in [-0.3, -0.25) is 0 Å². The molecule has 3 rings (SSSR count). The van der Waals surface area contributed by atoms with Gasteiger partial charge in [0.1, 0.15) is 5.75 Å². The molecule has 0 amide bonds. The Kier molecular flexibility index (Phi) is 2.81. The molecule has 0 atom stereocenters. The van der Waals surface area contributed by atoms with Crippen molar-refractivity contribution in [3.8, 4) is 5.75 Å². The molecule has 17 heavy (non-hydrogen) atoms. The summed E-state index contributed by atoms with van der Waals surface area (Å²) in [4.78, 5) is 0. The first kappa shape index (κ1) is 11.1. The molecule has 2 aliphatic rings. The average Bonchev–Trinajstić information content (AvgIpc) is 2.26. The Bertz CT molecular complexity index is 380. The van der Waals surface area contributed by atoms with Crippen molar-refractivity contribution in [2.24, 2.45) is 0 Å². The van der Waals surface area contributed by atoms with E-state index in [1.807, 2.05) is 12.1 Å². The van der Waals surface area contributed by atoms with Crippen molar-refractivity contribution in [3.63, 3.8) is 0 Å². The van der Waals surface area contributed by atoms with E-state index in [1.54, 1.807) is 7.11 Å². The zero-order valence-electron chi connectivity index (χ0n) is 10.2.